The summed E-state index contributed by atoms with van der Waals surface area (Å²) in [6.07, 6.45) is 8.12. The van der Waals surface area contributed by atoms with Crippen molar-refractivity contribution in [1.82, 2.24) is 5.32 Å². The number of hydrogen-bond donors (Lipinski definition) is 1. The van der Waals surface area contributed by atoms with Crippen molar-refractivity contribution in [2.75, 3.05) is 6.54 Å². The molecule has 1 aromatic carbocycles. The minimum absolute atomic E-state index is 0.0831. The van der Waals surface area contributed by atoms with E-state index in [0.29, 0.717) is 5.91 Å². The molecule has 3 heteroatoms. The van der Waals surface area contributed by atoms with Crippen LogP contribution in [0.15, 0.2) is 24.3 Å². The Morgan fingerprint density at radius 2 is 2.00 bits per heavy atom. The molecule has 4 aliphatic carbocycles. The molecule has 0 aromatic heterocycles. The van der Waals surface area contributed by atoms with Crippen LogP contribution in [0.2, 0.25) is 0 Å². The van der Waals surface area contributed by atoms with Gasteiger partial charge in [-0.05, 0) is 69.3 Å². The van der Waals surface area contributed by atoms with Gasteiger partial charge < -0.3 is 5.32 Å². The van der Waals surface area contributed by atoms with Crippen LogP contribution in [-0.4, -0.2) is 16.8 Å². The molecule has 124 valence electrons. The molecule has 1 N–H and O–H groups in total. The Hall–Kier alpha value is -0.830. The van der Waals surface area contributed by atoms with Gasteiger partial charge in [-0.25, -0.2) is 0 Å². The Bertz CT molecular complexity index is 612. The third kappa shape index (κ3) is 2.97. The lowest BCUT2D eigenvalue weighted by atomic mass is 9.49. The van der Waals surface area contributed by atoms with Crippen molar-refractivity contribution in [1.29, 1.82) is 0 Å². The van der Waals surface area contributed by atoms with Gasteiger partial charge in [0.25, 0.3) is 0 Å². The zero-order chi connectivity index (χ0) is 16.1. The van der Waals surface area contributed by atoms with Crippen molar-refractivity contribution in [3.05, 3.63) is 35.4 Å². The first kappa shape index (κ1) is 15.7. The van der Waals surface area contributed by atoms with E-state index < -0.39 is 0 Å². The number of nitrogens with one attached hydrogen (secondary N) is 1. The molecule has 0 aliphatic heterocycles. The molecule has 0 spiro atoms. The van der Waals surface area contributed by atoms with Crippen LogP contribution in [0.3, 0.4) is 0 Å². The smallest absolute Gasteiger partial charge is 0.226 e. The highest BCUT2D eigenvalue weighted by Crippen LogP contribution is 2.64. The van der Waals surface area contributed by atoms with Gasteiger partial charge in [-0.3, -0.25) is 4.79 Å². The van der Waals surface area contributed by atoms with Gasteiger partial charge in [0, 0.05) is 10.9 Å². The predicted molar refractivity (Wildman–Crippen MR) is 96.7 cm³/mol. The second-order valence-electron chi connectivity index (χ2n) is 8.39. The molecule has 4 bridgehead atoms. The van der Waals surface area contributed by atoms with E-state index >= 15 is 0 Å². The van der Waals surface area contributed by atoms with Gasteiger partial charge in [0.05, 0.1) is 5.41 Å². The summed E-state index contributed by atoms with van der Waals surface area (Å²) in [6, 6.07) is 8.58. The predicted octanol–water partition coefficient (Wildman–Crippen LogP) is 4.39. The van der Waals surface area contributed by atoms with Crippen LogP contribution >= 0.6 is 15.9 Å². The standard InChI is InChI=1S/C20H26BrNO/c1-14-3-2-4-15(7-14)5-6-22-18(23)19-9-16-8-17(10-19)12-20(21,11-16)13-19/h2-4,7,16-17H,5-6,8-13H2,1H3,(H,22,23). The number of aryl methyl sites for hydroxylation is 1. The van der Waals surface area contributed by atoms with E-state index in [1.54, 1.807) is 0 Å². The molecular formula is C20H26BrNO. The number of amides is 1. The highest BCUT2D eigenvalue weighted by atomic mass is 79.9. The molecule has 1 amide bonds. The van der Waals surface area contributed by atoms with E-state index in [1.807, 2.05) is 0 Å². The van der Waals surface area contributed by atoms with Gasteiger partial charge in [0.15, 0.2) is 0 Å². The van der Waals surface area contributed by atoms with Crippen LogP contribution in [0.4, 0.5) is 0 Å². The Kier molecular flexibility index (Phi) is 3.83. The normalized spacial score (nSPS) is 37.8. The van der Waals surface area contributed by atoms with Crippen LogP contribution in [0, 0.1) is 24.2 Å². The second kappa shape index (κ2) is 5.61. The highest BCUT2D eigenvalue weighted by Gasteiger charge is 2.59. The molecule has 23 heavy (non-hydrogen) atoms. The molecule has 2 nitrogen and oxygen atoms in total. The minimum atomic E-state index is -0.0831. The monoisotopic (exact) mass is 375 g/mol. The zero-order valence-corrected chi connectivity index (χ0v) is 15.5. The van der Waals surface area contributed by atoms with E-state index in [-0.39, 0.29) is 9.74 Å². The van der Waals surface area contributed by atoms with Crippen LogP contribution in [0.5, 0.6) is 0 Å². The Labute approximate surface area is 147 Å². The molecule has 4 aliphatic rings. The molecule has 4 saturated carbocycles. The molecule has 0 heterocycles. The van der Waals surface area contributed by atoms with E-state index in [2.05, 4.69) is 52.4 Å². The van der Waals surface area contributed by atoms with Crippen molar-refractivity contribution in [2.24, 2.45) is 17.3 Å². The highest BCUT2D eigenvalue weighted by molar-refractivity contribution is 9.10. The Morgan fingerprint density at radius 3 is 2.65 bits per heavy atom. The Balaban J connectivity index is 1.39. The van der Waals surface area contributed by atoms with Crippen molar-refractivity contribution in [2.45, 2.75) is 56.2 Å². The lowest BCUT2D eigenvalue weighted by Gasteiger charge is -2.59. The van der Waals surface area contributed by atoms with Crippen molar-refractivity contribution >= 4 is 21.8 Å². The quantitative estimate of drug-likeness (QED) is 0.776. The van der Waals surface area contributed by atoms with Gasteiger partial charge in [-0.15, -0.1) is 0 Å². The van der Waals surface area contributed by atoms with E-state index in [4.69, 9.17) is 0 Å². The summed E-state index contributed by atoms with van der Waals surface area (Å²) in [5.74, 6) is 1.85. The molecule has 4 fully saturated rings. The fourth-order valence-corrected chi connectivity index (χ4v) is 7.24. The number of halogens is 1. The summed E-state index contributed by atoms with van der Waals surface area (Å²) < 4.78 is 0.255. The van der Waals surface area contributed by atoms with Crippen molar-refractivity contribution in [3.8, 4) is 0 Å². The van der Waals surface area contributed by atoms with Crippen molar-refractivity contribution in [3.63, 3.8) is 0 Å². The molecule has 2 atom stereocenters. The topological polar surface area (TPSA) is 29.1 Å². The summed E-state index contributed by atoms with van der Waals surface area (Å²) in [5.41, 5.74) is 2.52. The van der Waals surface area contributed by atoms with Gasteiger partial charge in [0.2, 0.25) is 5.91 Å². The van der Waals surface area contributed by atoms with Gasteiger partial charge >= 0.3 is 0 Å². The third-order valence-electron chi connectivity index (χ3n) is 6.25. The van der Waals surface area contributed by atoms with Crippen LogP contribution in [-0.2, 0) is 11.2 Å². The maximum Gasteiger partial charge on any atom is 0.226 e. The number of carbonyl (C=O) groups excluding carboxylic acids is 1. The first-order valence-electron chi connectivity index (χ1n) is 8.99. The van der Waals surface area contributed by atoms with Crippen LogP contribution in [0.25, 0.3) is 0 Å². The first-order chi connectivity index (χ1) is 11.0. The number of carbonyl (C=O) groups is 1. The SMILES string of the molecule is Cc1cccc(CCNC(=O)C23CC4CC(CC(Br)(C4)C2)C3)c1. The van der Waals surface area contributed by atoms with Crippen LogP contribution in [0.1, 0.15) is 49.7 Å². The summed E-state index contributed by atoms with van der Waals surface area (Å²) in [6.45, 7) is 2.88. The lowest BCUT2D eigenvalue weighted by molar-refractivity contribution is -0.143. The number of benzene rings is 1. The molecule has 0 saturated heterocycles. The molecule has 2 unspecified atom stereocenters. The molecule has 1 aromatic rings. The summed E-state index contributed by atoms with van der Waals surface area (Å²) in [7, 11) is 0. The largest absolute Gasteiger partial charge is 0.355 e. The fraction of sp³-hybridized carbons (Fsp3) is 0.650. The summed E-state index contributed by atoms with van der Waals surface area (Å²) in [5, 5.41) is 3.27. The number of alkyl halides is 1. The average Bonchev–Trinajstić information content (AvgIpc) is 2.44. The second-order valence-corrected chi connectivity index (χ2v) is 10.1. The van der Waals surface area contributed by atoms with E-state index in [0.717, 1.165) is 44.1 Å². The first-order valence-corrected chi connectivity index (χ1v) is 9.79. The zero-order valence-electron chi connectivity index (χ0n) is 13.9. The van der Waals surface area contributed by atoms with Gasteiger partial charge in [-0.1, -0.05) is 45.8 Å². The lowest BCUT2D eigenvalue weighted by Crippen LogP contribution is -2.58. The number of hydrogen-bond acceptors (Lipinski definition) is 1. The molecular weight excluding hydrogens is 350 g/mol. The Morgan fingerprint density at radius 1 is 1.26 bits per heavy atom. The van der Waals surface area contributed by atoms with E-state index in [9.17, 15) is 4.79 Å². The fourth-order valence-electron chi connectivity index (χ4n) is 5.79. The van der Waals surface area contributed by atoms with E-state index in [1.165, 1.54) is 30.4 Å². The minimum Gasteiger partial charge on any atom is -0.355 e. The van der Waals surface area contributed by atoms with Gasteiger partial charge in [0.1, 0.15) is 0 Å². The maximum atomic E-state index is 13.0. The summed E-state index contributed by atoms with van der Waals surface area (Å²) >= 11 is 3.99. The maximum absolute atomic E-state index is 13.0. The third-order valence-corrected chi connectivity index (χ3v) is 7.18. The van der Waals surface area contributed by atoms with Gasteiger partial charge in [-0.2, -0.15) is 0 Å². The average molecular weight is 376 g/mol. The molecule has 0 radical (unpaired) electrons. The van der Waals surface area contributed by atoms with Crippen molar-refractivity contribution < 1.29 is 4.79 Å². The van der Waals surface area contributed by atoms with Crippen LogP contribution < -0.4 is 5.32 Å². The summed E-state index contributed by atoms with van der Waals surface area (Å²) in [4.78, 5) is 13.0. The number of rotatable bonds is 4. The molecule has 5 rings (SSSR count).